The number of hydrogen-bond donors (Lipinski definition) is 1. The molecule has 0 radical (unpaired) electrons. The lowest BCUT2D eigenvalue weighted by Gasteiger charge is -2.12. The van der Waals surface area contributed by atoms with Gasteiger partial charge in [0.1, 0.15) is 0 Å². The van der Waals surface area contributed by atoms with Crippen molar-refractivity contribution in [2.75, 3.05) is 0 Å². The lowest BCUT2D eigenvalue weighted by atomic mass is 9.92. The highest BCUT2D eigenvalue weighted by molar-refractivity contribution is 7.99. The molecule has 2 aromatic rings. The van der Waals surface area contributed by atoms with E-state index in [4.69, 9.17) is 11.6 Å². The second-order valence-corrected chi connectivity index (χ2v) is 6.01. The maximum atomic E-state index is 11.5. The van der Waals surface area contributed by atoms with Gasteiger partial charge in [-0.1, -0.05) is 41.6 Å². The zero-order chi connectivity index (χ0) is 13.4. The molecule has 4 heteroatoms. The average Bonchev–Trinajstić information content (AvgIpc) is 2.55. The zero-order valence-corrected chi connectivity index (χ0v) is 11.5. The number of benzene rings is 2. The van der Waals surface area contributed by atoms with Crippen molar-refractivity contribution in [1.82, 2.24) is 0 Å². The molecule has 1 unspecified atom stereocenters. The summed E-state index contributed by atoms with van der Waals surface area (Å²) in [5.41, 5.74) is 1.88. The van der Waals surface area contributed by atoms with Gasteiger partial charge in [0.25, 0.3) is 0 Å². The Morgan fingerprint density at radius 2 is 2.00 bits per heavy atom. The standard InChI is InChI=1S/C15H11ClO2S/c16-10-5-6-13-9(7-10)8-12(15(17)18)11-3-1-2-4-14(11)19-13/h1-7,12H,8H2,(H,17,18). The van der Waals surface area contributed by atoms with Crippen molar-refractivity contribution in [1.29, 1.82) is 0 Å². The monoisotopic (exact) mass is 290 g/mol. The number of carboxylic acids is 1. The van der Waals surface area contributed by atoms with Crippen LogP contribution in [-0.4, -0.2) is 11.1 Å². The van der Waals surface area contributed by atoms with Gasteiger partial charge in [-0.2, -0.15) is 0 Å². The van der Waals surface area contributed by atoms with E-state index in [2.05, 4.69) is 0 Å². The van der Waals surface area contributed by atoms with E-state index in [1.54, 1.807) is 11.8 Å². The average molecular weight is 291 g/mol. The summed E-state index contributed by atoms with van der Waals surface area (Å²) in [7, 11) is 0. The molecule has 3 rings (SSSR count). The van der Waals surface area contributed by atoms with Crippen molar-refractivity contribution >= 4 is 29.3 Å². The zero-order valence-electron chi connectivity index (χ0n) is 9.97. The normalized spacial score (nSPS) is 17.2. The third-order valence-electron chi connectivity index (χ3n) is 3.26. The molecular formula is C15H11ClO2S. The molecule has 2 nitrogen and oxygen atoms in total. The fourth-order valence-corrected chi connectivity index (χ4v) is 3.65. The first kappa shape index (κ1) is 12.6. The van der Waals surface area contributed by atoms with Crippen LogP contribution in [0.15, 0.2) is 52.3 Å². The van der Waals surface area contributed by atoms with E-state index in [1.807, 2.05) is 42.5 Å². The van der Waals surface area contributed by atoms with Crippen molar-refractivity contribution < 1.29 is 9.90 Å². The topological polar surface area (TPSA) is 37.3 Å². The molecule has 0 aliphatic carbocycles. The van der Waals surface area contributed by atoms with Gasteiger partial charge in [0.05, 0.1) is 5.92 Å². The molecule has 96 valence electrons. The van der Waals surface area contributed by atoms with Gasteiger partial charge in [-0.05, 0) is 41.8 Å². The Kier molecular flexibility index (Phi) is 3.25. The summed E-state index contributed by atoms with van der Waals surface area (Å²) in [4.78, 5) is 13.6. The van der Waals surface area contributed by atoms with Crippen LogP contribution in [0, 0.1) is 0 Å². The van der Waals surface area contributed by atoms with Gasteiger partial charge >= 0.3 is 5.97 Å². The molecule has 19 heavy (non-hydrogen) atoms. The van der Waals surface area contributed by atoms with Gasteiger partial charge in [-0.15, -0.1) is 0 Å². The van der Waals surface area contributed by atoms with Gasteiger partial charge in [0.15, 0.2) is 0 Å². The van der Waals surface area contributed by atoms with Crippen molar-refractivity contribution in [2.45, 2.75) is 22.1 Å². The molecule has 1 N–H and O–H groups in total. The summed E-state index contributed by atoms with van der Waals surface area (Å²) in [5, 5.41) is 10.1. The summed E-state index contributed by atoms with van der Waals surface area (Å²) in [5.74, 6) is -1.30. The SMILES string of the molecule is O=C(O)C1Cc2cc(Cl)ccc2Sc2ccccc21. The van der Waals surface area contributed by atoms with E-state index in [1.165, 1.54) is 0 Å². The van der Waals surface area contributed by atoms with Crippen LogP contribution in [0.2, 0.25) is 5.02 Å². The molecular weight excluding hydrogens is 280 g/mol. The maximum absolute atomic E-state index is 11.5. The van der Waals surface area contributed by atoms with E-state index in [9.17, 15) is 9.90 Å². The van der Waals surface area contributed by atoms with Crippen LogP contribution >= 0.6 is 23.4 Å². The highest BCUT2D eigenvalue weighted by Crippen LogP contribution is 2.42. The molecule has 1 atom stereocenters. The van der Waals surface area contributed by atoms with Crippen LogP contribution in [0.5, 0.6) is 0 Å². The third-order valence-corrected chi connectivity index (χ3v) is 4.70. The predicted octanol–water partition coefficient (Wildman–Crippen LogP) is 4.22. The van der Waals surface area contributed by atoms with Gasteiger partial charge in [0.2, 0.25) is 0 Å². The minimum atomic E-state index is -0.791. The van der Waals surface area contributed by atoms with Gasteiger partial charge in [-0.25, -0.2) is 0 Å². The molecule has 1 aliphatic rings. The van der Waals surface area contributed by atoms with Gasteiger partial charge in [0, 0.05) is 14.8 Å². The Labute approximate surface area is 120 Å². The largest absolute Gasteiger partial charge is 0.481 e. The summed E-state index contributed by atoms with van der Waals surface area (Å²) < 4.78 is 0. The van der Waals surface area contributed by atoms with Gasteiger partial charge < -0.3 is 5.11 Å². The van der Waals surface area contributed by atoms with Gasteiger partial charge in [-0.3, -0.25) is 4.79 Å². The van der Waals surface area contributed by atoms with E-state index in [-0.39, 0.29) is 0 Å². The summed E-state index contributed by atoms with van der Waals surface area (Å²) >= 11 is 7.62. The van der Waals surface area contributed by atoms with Crippen molar-refractivity contribution in [3.05, 3.63) is 58.6 Å². The van der Waals surface area contributed by atoms with Crippen LogP contribution in [0.4, 0.5) is 0 Å². The highest BCUT2D eigenvalue weighted by atomic mass is 35.5. The molecule has 0 bridgehead atoms. The minimum Gasteiger partial charge on any atom is -0.481 e. The van der Waals surface area contributed by atoms with E-state index in [0.717, 1.165) is 20.9 Å². The summed E-state index contributed by atoms with van der Waals surface area (Å²) in [6, 6.07) is 13.4. The Morgan fingerprint density at radius 1 is 1.21 bits per heavy atom. The van der Waals surface area contributed by atoms with Crippen molar-refractivity contribution in [2.24, 2.45) is 0 Å². The predicted molar refractivity (Wildman–Crippen MR) is 76.1 cm³/mol. The summed E-state index contributed by atoms with van der Waals surface area (Å²) in [6.45, 7) is 0. The third kappa shape index (κ3) is 2.36. The first-order valence-corrected chi connectivity index (χ1v) is 7.12. The van der Waals surface area contributed by atoms with Crippen LogP contribution in [0.25, 0.3) is 0 Å². The number of hydrogen-bond acceptors (Lipinski definition) is 2. The lowest BCUT2D eigenvalue weighted by Crippen LogP contribution is -2.14. The Hall–Kier alpha value is -1.45. The molecule has 0 saturated carbocycles. The van der Waals surface area contributed by atoms with Crippen molar-refractivity contribution in [3.63, 3.8) is 0 Å². The van der Waals surface area contributed by atoms with Crippen LogP contribution in [-0.2, 0) is 11.2 Å². The maximum Gasteiger partial charge on any atom is 0.311 e. The molecule has 1 aliphatic heterocycles. The highest BCUT2D eigenvalue weighted by Gasteiger charge is 2.27. The fraction of sp³-hybridized carbons (Fsp3) is 0.133. The quantitative estimate of drug-likeness (QED) is 0.854. The number of rotatable bonds is 1. The Morgan fingerprint density at radius 3 is 2.79 bits per heavy atom. The first-order valence-electron chi connectivity index (χ1n) is 5.93. The molecule has 2 aromatic carbocycles. The van der Waals surface area contributed by atoms with E-state index in [0.29, 0.717) is 11.4 Å². The minimum absolute atomic E-state index is 0.481. The van der Waals surface area contributed by atoms with Crippen LogP contribution in [0.3, 0.4) is 0 Å². The van der Waals surface area contributed by atoms with Crippen LogP contribution < -0.4 is 0 Å². The molecule has 0 amide bonds. The van der Waals surface area contributed by atoms with Crippen LogP contribution in [0.1, 0.15) is 17.0 Å². The second kappa shape index (κ2) is 4.91. The van der Waals surface area contributed by atoms with Crippen molar-refractivity contribution in [3.8, 4) is 0 Å². The lowest BCUT2D eigenvalue weighted by molar-refractivity contribution is -0.138. The summed E-state index contributed by atoms with van der Waals surface area (Å²) in [6.07, 6.45) is 0.481. The number of carboxylic acid groups (broad SMARTS) is 1. The molecule has 0 aromatic heterocycles. The molecule has 0 fully saturated rings. The number of halogens is 1. The Bertz CT molecular complexity index is 654. The molecule has 1 heterocycles. The fourth-order valence-electron chi connectivity index (χ4n) is 2.34. The first-order chi connectivity index (χ1) is 9.15. The van der Waals surface area contributed by atoms with E-state index < -0.39 is 11.9 Å². The second-order valence-electron chi connectivity index (χ2n) is 4.49. The smallest absolute Gasteiger partial charge is 0.311 e. The number of fused-ring (bicyclic) bond motifs is 2. The van der Waals surface area contributed by atoms with E-state index >= 15 is 0 Å². The Balaban J connectivity index is 2.17. The number of carbonyl (C=O) groups is 1. The molecule has 0 saturated heterocycles. The number of aliphatic carboxylic acids is 1. The molecule has 0 spiro atoms.